The minimum Gasteiger partial charge on any atom is -0.369 e. The smallest absolute Gasteiger partial charge is 0.369 e. The van der Waals surface area contributed by atoms with E-state index >= 15 is 0 Å². The molecule has 6 nitrogen and oxygen atoms in total. The lowest BCUT2D eigenvalue weighted by molar-refractivity contribution is -0.146. The molecule has 1 aliphatic heterocycles. The number of anilines is 1. The maximum Gasteiger partial charge on any atom is 0.453 e. The average molecular weight is 342 g/mol. The maximum absolute atomic E-state index is 12.8. The van der Waals surface area contributed by atoms with E-state index in [9.17, 15) is 13.2 Å². The predicted octanol–water partition coefficient (Wildman–Crippen LogP) is 2.68. The first kappa shape index (κ1) is 16.9. The molecular formula is C15H21F3N6. The fourth-order valence-electron chi connectivity index (χ4n) is 3.07. The highest BCUT2D eigenvalue weighted by atomic mass is 19.4. The first-order valence-corrected chi connectivity index (χ1v) is 8.19. The van der Waals surface area contributed by atoms with Gasteiger partial charge in [0.2, 0.25) is 0 Å². The van der Waals surface area contributed by atoms with E-state index in [0.717, 1.165) is 36.5 Å². The van der Waals surface area contributed by atoms with E-state index in [1.807, 2.05) is 0 Å². The van der Waals surface area contributed by atoms with Crippen molar-refractivity contribution < 1.29 is 13.2 Å². The molecule has 3 heterocycles. The molecule has 1 aliphatic rings. The van der Waals surface area contributed by atoms with Crippen LogP contribution in [0.5, 0.6) is 0 Å². The summed E-state index contributed by atoms with van der Waals surface area (Å²) >= 11 is 0. The van der Waals surface area contributed by atoms with Crippen LogP contribution in [0.3, 0.4) is 0 Å². The Morgan fingerprint density at radius 2 is 2.12 bits per heavy atom. The molecule has 0 saturated carbocycles. The van der Waals surface area contributed by atoms with Crippen molar-refractivity contribution in [2.45, 2.75) is 32.4 Å². The summed E-state index contributed by atoms with van der Waals surface area (Å²) in [5, 5.41) is 13.7. The van der Waals surface area contributed by atoms with E-state index in [4.69, 9.17) is 0 Å². The molecule has 1 saturated heterocycles. The molecule has 24 heavy (non-hydrogen) atoms. The molecule has 0 radical (unpaired) electrons. The Kier molecular flexibility index (Phi) is 4.88. The third kappa shape index (κ3) is 3.95. The fourth-order valence-corrected chi connectivity index (χ4v) is 3.07. The lowest BCUT2D eigenvalue weighted by Crippen LogP contribution is -2.35. The molecule has 0 spiro atoms. The van der Waals surface area contributed by atoms with Crippen molar-refractivity contribution in [3.63, 3.8) is 0 Å². The van der Waals surface area contributed by atoms with Gasteiger partial charge in [-0.3, -0.25) is 0 Å². The second-order valence-corrected chi connectivity index (χ2v) is 6.34. The van der Waals surface area contributed by atoms with Crippen LogP contribution in [0.2, 0.25) is 0 Å². The number of nitrogens with zero attached hydrogens (tertiary/aromatic N) is 5. The van der Waals surface area contributed by atoms with Gasteiger partial charge >= 0.3 is 6.18 Å². The number of nitrogens with one attached hydrogen (secondary N) is 1. The van der Waals surface area contributed by atoms with E-state index in [0.29, 0.717) is 12.4 Å². The average Bonchev–Trinajstić information content (AvgIpc) is 2.95. The molecule has 0 unspecified atom stereocenters. The summed E-state index contributed by atoms with van der Waals surface area (Å²) in [7, 11) is 0. The van der Waals surface area contributed by atoms with Crippen LogP contribution in [0, 0.1) is 5.92 Å². The molecule has 0 bridgehead atoms. The molecule has 1 fully saturated rings. The monoisotopic (exact) mass is 342 g/mol. The van der Waals surface area contributed by atoms with Crippen LogP contribution < -0.4 is 5.32 Å². The molecule has 1 atom stereocenters. The van der Waals surface area contributed by atoms with Crippen molar-refractivity contribution in [1.82, 2.24) is 24.7 Å². The summed E-state index contributed by atoms with van der Waals surface area (Å²) in [6.07, 6.45) is -1.13. The van der Waals surface area contributed by atoms with Gasteiger partial charge in [0.05, 0.1) is 0 Å². The second kappa shape index (κ2) is 6.92. The summed E-state index contributed by atoms with van der Waals surface area (Å²) in [4.78, 5) is 2.44. The lowest BCUT2D eigenvalue weighted by atomic mass is 10.0. The molecule has 0 aliphatic carbocycles. The van der Waals surface area contributed by atoms with Gasteiger partial charge in [-0.1, -0.05) is 6.92 Å². The Balaban J connectivity index is 1.55. The van der Waals surface area contributed by atoms with Crippen LogP contribution >= 0.6 is 0 Å². The quantitative estimate of drug-likeness (QED) is 0.847. The zero-order valence-electron chi connectivity index (χ0n) is 13.6. The van der Waals surface area contributed by atoms with Crippen LogP contribution in [0.4, 0.5) is 19.0 Å². The van der Waals surface area contributed by atoms with Gasteiger partial charge in [0.15, 0.2) is 5.65 Å². The zero-order valence-corrected chi connectivity index (χ0v) is 13.6. The molecule has 0 amide bonds. The van der Waals surface area contributed by atoms with E-state index in [1.54, 1.807) is 6.07 Å². The summed E-state index contributed by atoms with van der Waals surface area (Å²) in [6.45, 7) is 6.16. The molecule has 132 valence electrons. The lowest BCUT2D eigenvalue weighted by Gasteiger charge is -2.30. The Hall–Kier alpha value is -1.90. The molecule has 0 aromatic carbocycles. The van der Waals surface area contributed by atoms with Crippen molar-refractivity contribution in [2.24, 2.45) is 5.92 Å². The summed E-state index contributed by atoms with van der Waals surface area (Å²) in [5.74, 6) is 0.0218. The van der Waals surface area contributed by atoms with Gasteiger partial charge < -0.3 is 10.2 Å². The van der Waals surface area contributed by atoms with Gasteiger partial charge in [-0.25, -0.2) is 0 Å². The predicted molar refractivity (Wildman–Crippen MR) is 83.7 cm³/mol. The number of hydrogen-bond donors (Lipinski definition) is 1. The SMILES string of the molecule is C[C@H]1CCCN(CCCNc2ccc3nnc(C(F)(F)F)n3n2)C1. The highest BCUT2D eigenvalue weighted by Crippen LogP contribution is 2.27. The Bertz CT molecular complexity index is 683. The number of hydrogen-bond acceptors (Lipinski definition) is 5. The Labute approximate surface area is 138 Å². The summed E-state index contributed by atoms with van der Waals surface area (Å²) in [6, 6.07) is 3.09. The van der Waals surface area contributed by atoms with Crippen molar-refractivity contribution in [1.29, 1.82) is 0 Å². The number of alkyl halides is 3. The fraction of sp³-hybridized carbons (Fsp3) is 0.667. The standard InChI is InChI=1S/C15H21F3N6/c1-11-4-2-8-23(10-11)9-3-7-19-12-5-6-13-20-21-14(15(16,17)18)24(13)22-12/h5-6,11H,2-4,7-10H2,1H3,(H,19,22)/t11-/m0/s1. The van der Waals surface area contributed by atoms with Gasteiger partial charge in [0.1, 0.15) is 5.82 Å². The van der Waals surface area contributed by atoms with Crippen LogP contribution in [-0.4, -0.2) is 50.9 Å². The zero-order chi connectivity index (χ0) is 17.2. The van der Waals surface area contributed by atoms with Gasteiger partial charge in [-0.15, -0.1) is 15.3 Å². The minimum absolute atomic E-state index is 0.0789. The Morgan fingerprint density at radius 1 is 1.29 bits per heavy atom. The largest absolute Gasteiger partial charge is 0.453 e. The van der Waals surface area contributed by atoms with Crippen molar-refractivity contribution in [3.05, 3.63) is 18.0 Å². The Morgan fingerprint density at radius 3 is 2.88 bits per heavy atom. The van der Waals surface area contributed by atoms with E-state index < -0.39 is 12.0 Å². The number of piperidine rings is 1. The van der Waals surface area contributed by atoms with Gasteiger partial charge in [-0.2, -0.15) is 17.7 Å². The number of halogens is 3. The first-order valence-electron chi connectivity index (χ1n) is 8.19. The molecule has 9 heteroatoms. The molecule has 3 rings (SSSR count). The van der Waals surface area contributed by atoms with Crippen LogP contribution in [0.1, 0.15) is 32.0 Å². The minimum atomic E-state index is -4.57. The molecule has 1 N–H and O–H groups in total. The maximum atomic E-state index is 12.8. The first-order chi connectivity index (χ1) is 11.4. The molecular weight excluding hydrogens is 321 g/mol. The number of aromatic nitrogens is 4. The third-order valence-electron chi connectivity index (χ3n) is 4.21. The second-order valence-electron chi connectivity index (χ2n) is 6.34. The van der Waals surface area contributed by atoms with Crippen LogP contribution in [0.15, 0.2) is 12.1 Å². The topological polar surface area (TPSA) is 58.3 Å². The van der Waals surface area contributed by atoms with Crippen molar-refractivity contribution >= 4 is 11.5 Å². The van der Waals surface area contributed by atoms with Gasteiger partial charge in [0, 0.05) is 13.1 Å². The van der Waals surface area contributed by atoms with E-state index in [2.05, 4.69) is 32.4 Å². The highest BCUT2D eigenvalue weighted by Gasteiger charge is 2.37. The third-order valence-corrected chi connectivity index (χ3v) is 4.21. The summed E-state index contributed by atoms with van der Waals surface area (Å²) < 4.78 is 39.2. The van der Waals surface area contributed by atoms with Crippen LogP contribution in [-0.2, 0) is 6.18 Å². The van der Waals surface area contributed by atoms with Crippen molar-refractivity contribution in [2.75, 3.05) is 31.5 Å². The van der Waals surface area contributed by atoms with Crippen LogP contribution in [0.25, 0.3) is 5.65 Å². The van der Waals surface area contributed by atoms with E-state index in [1.165, 1.54) is 18.9 Å². The molecule has 2 aromatic rings. The van der Waals surface area contributed by atoms with Crippen molar-refractivity contribution in [3.8, 4) is 0 Å². The number of fused-ring (bicyclic) bond motifs is 1. The highest BCUT2D eigenvalue weighted by molar-refractivity contribution is 5.44. The van der Waals surface area contributed by atoms with Gasteiger partial charge in [-0.05, 0) is 50.4 Å². The molecule has 2 aromatic heterocycles. The number of rotatable bonds is 5. The van der Waals surface area contributed by atoms with Gasteiger partial charge in [0.25, 0.3) is 5.82 Å². The number of likely N-dealkylation sites (tertiary alicyclic amines) is 1. The summed E-state index contributed by atoms with van der Waals surface area (Å²) in [5.41, 5.74) is 0.0789. The van der Waals surface area contributed by atoms with E-state index in [-0.39, 0.29) is 5.65 Å². The normalized spacial score (nSPS) is 19.8.